The molecule has 1 aliphatic heterocycles. The number of benzene rings is 2. The van der Waals surface area contributed by atoms with Crippen LogP contribution in [-0.4, -0.2) is 46.6 Å². The standard InChI is InChI=1S/C29H34N4O3/c1-4-6-26(34)7-5-14-33-15-12-21-8-9-23(17-22(21)13-16-33)28-31-29(36-32-28)24-10-11-27(35-20(2)3)25(18-24)19-30/h8-11,17-18,20H,4-7,12-16H2,1-3H3. The molecule has 3 aromatic rings. The van der Waals surface area contributed by atoms with E-state index in [0.717, 1.165) is 50.9 Å². The van der Waals surface area contributed by atoms with Crippen molar-refractivity contribution in [1.29, 1.82) is 5.26 Å². The first-order chi connectivity index (χ1) is 17.5. The van der Waals surface area contributed by atoms with E-state index in [1.54, 1.807) is 12.1 Å². The van der Waals surface area contributed by atoms with Gasteiger partial charge in [-0.3, -0.25) is 4.79 Å². The lowest BCUT2D eigenvalue weighted by Gasteiger charge is -2.19. The molecule has 1 aliphatic rings. The molecule has 0 aliphatic carbocycles. The molecular formula is C29H34N4O3. The zero-order valence-electron chi connectivity index (χ0n) is 21.4. The lowest BCUT2D eigenvalue weighted by molar-refractivity contribution is -0.119. The predicted octanol–water partition coefficient (Wildman–Crippen LogP) is 5.61. The van der Waals surface area contributed by atoms with Crippen LogP contribution in [-0.2, 0) is 17.6 Å². The Kier molecular flexibility index (Phi) is 8.50. The van der Waals surface area contributed by atoms with Crippen molar-refractivity contribution in [1.82, 2.24) is 15.0 Å². The zero-order chi connectivity index (χ0) is 25.5. The number of nitrogens with zero attached hydrogens (tertiary/aromatic N) is 4. The van der Waals surface area contributed by atoms with Crippen LogP contribution in [0.3, 0.4) is 0 Å². The topological polar surface area (TPSA) is 92.3 Å². The van der Waals surface area contributed by atoms with Gasteiger partial charge in [0.15, 0.2) is 0 Å². The molecule has 4 rings (SSSR count). The van der Waals surface area contributed by atoms with Gasteiger partial charge in [0.2, 0.25) is 5.82 Å². The summed E-state index contributed by atoms with van der Waals surface area (Å²) < 4.78 is 11.3. The third-order valence-corrected chi connectivity index (χ3v) is 6.45. The number of fused-ring (bicyclic) bond motifs is 1. The number of ether oxygens (including phenoxy) is 1. The fourth-order valence-corrected chi connectivity index (χ4v) is 4.60. The molecule has 188 valence electrons. The number of Topliss-reactive ketones (excluding diaryl/α,β-unsaturated/α-hetero) is 1. The van der Waals surface area contributed by atoms with Gasteiger partial charge in [-0.05, 0) is 81.5 Å². The van der Waals surface area contributed by atoms with Crippen molar-refractivity contribution in [3.8, 4) is 34.7 Å². The summed E-state index contributed by atoms with van der Waals surface area (Å²) >= 11 is 0. The summed E-state index contributed by atoms with van der Waals surface area (Å²) in [6, 6.07) is 13.9. The Hall–Kier alpha value is -3.50. The summed E-state index contributed by atoms with van der Waals surface area (Å²) in [6.07, 6.45) is 5.19. The van der Waals surface area contributed by atoms with Gasteiger partial charge in [0, 0.05) is 37.1 Å². The molecule has 7 heteroatoms. The average Bonchev–Trinajstić information content (AvgIpc) is 3.27. The highest BCUT2D eigenvalue weighted by Crippen LogP contribution is 2.29. The van der Waals surface area contributed by atoms with E-state index >= 15 is 0 Å². The van der Waals surface area contributed by atoms with Crippen molar-refractivity contribution in [3.05, 3.63) is 53.1 Å². The number of hydrogen-bond donors (Lipinski definition) is 0. The summed E-state index contributed by atoms with van der Waals surface area (Å²) in [4.78, 5) is 18.9. The van der Waals surface area contributed by atoms with E-state index in [9.17, 15) is 10.1 Å². The van der Waals surface area contributed by atoms with Gasteiger partial charge in [-0.1, -0.05) is 24.2 Å². The fraction of sp³-hybridized carbons (Fsp3) is 0.448. The molecule has 0 saturated heterocycles. The van der Waals surface area contributed by atoms with Crippen LogP contribution in [0.25, 0.3) is 22.8 Å². The highest BCUT2D eigenvalue weighted by molar-refractivity contribution is 5.78. The average molecular weight is 487 g/mol. The normalized spacial score (nSPS) is 13.8. The first-order valence-electron chi connectivity index (χ1n) is 12.9. The maximum atomic E-state index is 11.8. The Morgan fingerprint density at radius 3 is 2.64 bits per heavy atom. The molecule has 0 atom stereocenters. The summed E-state index contributed by atoms with van der Waals surface area (Å²) in [5.74, 6) is 1.83. The summed E-state index contributed by atoms with van der Waals surface area (Å²) in [6.45, 7) is 8.87. The van der Waals surface area contributed by atoms with Gasteiger partial charge in [0.05, 0.1) is 11.7 Å². The van der Waals surface area contributed by atoms with Crippen LogP contribution in [0, 0.1) is 11.3 Å². The van der Waals surface area contributed by atoms with Gasteiger partial charge in [-0.25, -0.2) is 0 Å². The van der Waals surface area contributed by atoms with Gasteiger partial charge in [0.1, 0.15) is 17.6 Å². The molecule has 0 spiro atoms. The molecule has 0 saturated carbocycles. The Morgan fingerprint density at radius 2 is 1.89 bits per heavy atom. The number of carbonyl (C=O) groups is 1. The highest BCUT2D eigenvalue weighted by atomic mass is 16.5. The number of hydrogen-bond acceptors (Lipinski definition) is 7. The molecule has 36 heavy (non-hydrogen) atoms. The van der Waals surface area contributed by atoms with E-state index in [-0.39, 0.29) is 6.10 Å². The summed E-state index contributed by atoms with van der Waals surface area (Å²) in [5.41, 5.74) is 4.70. The molecule has 0 unspecified atom stereocenters. The molecule has 2 aromatic carbocycles. The van der Waals surface area contributed by atoms with Crippen LogP contribution < -0.4 is 4.74 Å². The Balaban J connectivity index is 1.43. The molecule has 0 bridgehead atoms. The number of nitriles is 1. The van der Waals surface area contributed by atoms with Crippen LogP contribution in [0.5, 0.6) is 5.75 Å². The van der Waals surface area contributed by atoms with Crippen molar-refractivity contribution in [2.45, 2.75) is 65.4 Å². The van der Waals surface area contributed by atoms with Crippen molar-refractivity contribution in [2.24, 2.45) is 0 Å². The highest BCUT2D eigenvalue weighted by Gasteiger charge is 2.18. The molecular weight excluding hydrogens is 452 g/mol. The largest absolute Gasteiger partial charge is 0.490 e. The lowest BCUT2D eigenvalue weighted by atomic mass is 10.00. The second-order valence-electron chi connectivity index (χ2n) is 9.63. The fourth-order valence-electron chi connectivity index (χ4n) is 4.60. The maximum Gasteiger partial charge on any atom is 0.258 e. The molecule has 7 nitrogen and oxygen atoms in total. The van der Waals surface area contributed by atoms with Crippen molar-refractivity contribution in [3.63, 3.8) is 0 Å². The van der Waals surface area contributed by atoms with E-state index in [1.165, 1.54) is 11.1 Å². The van der Waals surface area contributed by atoms with E-state index in [0.29, 0.717) is 47.2 Å². The predicted molar refractivity (Wildman–Crippen MR) is 139 cm³/mol. The quantitative estimate of drug-likeness (QED) is 0.368. The van der Waals surface area contributed by atoms with Gasteiger partial charge in [-0.2, -0.15) is 10.2 Å². The molecule has 0 amide bonds. The second-order valence-corrected chi connectivity index (χ2v) is 9.63. The SMILES string of the molecule is CCCC(=O)CCCN1CCc2ccc(-c3noc(-c4ccc(OC(C)C)c(C#N)c4)n3)cc2CC1. The smallest absolute Gasteiger partial charge is 0.258 e. The van der Waals surface area contributed by atoms with Crippen LogP contribution in [0.15, 0.2) is 40.9 Å². The number of carbonyl (C=O) groups excluding carboxylic acids is 1. The third kappa shape index (κ3) is 6.38. The van der Waals surface area contributed by atoms with Crippen molar-refractivity contribution < 1.29 is 14.1 Å². The van der Waals surface area contributed by atoms with Crippen LogP contribution >= 0.6 is 0 Å². The minimum Gasteiger partial charge on any atom is -0.490 e. The number of ketones is 1. The summed E-state index contributed by atoms with van der Waals surface area (Å²) in [7, 11) is 0. The second kappa shape index (κ2) is 12.0. The minimum absolute atomic E-state index is 0.0201. The zero-order valence-corrected chi connectivity index (χ0v) is 21.4. The van der Waals surface area contributed by atoms with Gasteiger partial charge >= 0.3 is 0 Å². The van der Waals surface area contributed by atoms with Crippen LogP contribution in [0.2, 0.25) is 0 Å². The monoisotopic (exact) mass is 486 g/mol. The van der Waals surface area contributed by atoms with Crippen molar-refractivity contribution >= 4 is 5.78 Å². The Bertz CT molecular complexity index is 1240. The first-order valence-corrected chi connectivity index (χ1v) is 12.9. The molecule has 0 fully saturated rings. The van der Waals surface area contributed by atoms with Gasteiger partial charge in [0.25, 0.3) is 5.89 Å². The lowest BCUT2D eigenvalue weighted by Crippen LogP contribution is -2.27. The third-order valence-electron chi connectivity index (χ3n) is 6.45. The number of rotatable bonds is 10. The molecule has 2 heterocycles. The number of aromatic nitrogens is 2. The van der Waals surface area contributed by atoms with E-state index in [1.807, 2.05) is 26.0 Å². The Labute approximate surface area is 213 Å². The summed E-state index contributed by atoms with van der Waals surface area (Å²) in [5, 5.41) is 13.7. The first kappa shape index (κ1) is 25.6. The minimum atomic E-state index is -0.0201. The maximum absolute atomic E-state index is 11.8. The van der Waals surface area contributed by atoms with E-state index < -0.39 is 0 Å². The Morgan fingerprint density at radius 1 is 1.11 bits per heavy atom. The molecule has 0 N–H and O–H groups in total. The van der Waals surface area contributed by atoms with Crippen LogP contribution in [0.1, 0.15) is 63.1 Å². The van der Waals surface area contributed by atoms with Crippen LogP contribution in [0.4, 0.5) is 0 Å². The van der Waals surface area contributed by atoms with E-state index in [4.69, 9.17) is 9.26 Å². The van der Waals surface area contributed by atoms with E-state index in [2.05, 4.69) is 40.2 Å². The van der Waals surface area contributed by atoms with Crippen molar-refractivity contribution in [2.75, 3.05) is 19.6 Å². The van der Waals surface area contributed by atoms with Gasteiger partial charge in [-0.15, -0.1) is 0 Å². The van der Waals surface area contributed by atoms with Gasteiger partial charge < -0.3 is 14.2 Å². The molecule has 0 radical (unpaired) electrons. The molecule has 1 aromatic heterocycles.